The summed E-state index contributed by atoms with van der Waals surface area (Å²) in [5, 5.41) is 21.3. The molecule has 0 aliphatic rings. The van der Waals surface area contributed by atoms with Crippen molar-refractivity contribution < 1.29 is 24.1 Å². The van der Waals surface area contributed by atoms with Gasteiger partial charge < -0.3 is 24.1 Å². The molecule has 6 heteroatoms. The summed E-state index contributed by atoms with van der Waals surface area (Å²) in [5.41, 5.74) is -0.435. The molecule has 0 amide bonds. The average Bonchev–Trinajstić information content (AvgIpc) is 2.74. The number of terminal acetylenes is 1. The van der Waals surface area contributed by atoms with E-state index in [-0.39, 0.29) is 11.6 Å². The van der Waals surface area contributed by atoms with Gasteiger partial charge in [-0.15, -0.1) is 13.0 Å². The van der Waals surface area contributed by atoms with Crippen LogP contribution in [0.15, 0.2) is 49.1 Å². The van der Waals surface area contributed by atoms with Crippen LogP contribution in [0.2, 0.25) is 18.1 Å². The monoisotopic (exact) mass is 474 g/mol. The lowest BCUT2D eigenvalue weighted by atomic mass is 9.93. The van der Waals surface area contributed by atoms with Gasteiger partial charge in [-0.2, -0.15) is 0 Å². The van der Waals surface area contributed by atoms with Crippen LogP contribution >= 0.6 is 0 Å². The molecule has 2 N–H and O–H groups in total. The van der Waals surface area contributed by atoms with Crippen LogP contribution in [0, 0.1) is 12.3 Å². The van der Waals surface area contributed by atoms with Gasteiger partial charge >= 0.3 is 0 Å². The molecule has 0 aromatic heterocycles. The van der Waals surface area contributed by atoms with E-state index in [1.807, 2.05) is 24.3 Å². The number of methoxy groups -OCH3 is 1. The topological polar surface area (TPSA) is 68.2 Å². The van der Waals surface area contributed by atoms with Crippen LogP contribution in [0.3, 0.4) is 0 Å². The highest BCUT2D eigenvalue weighted by Gasteiger charge is 2.41. The van der Waals surface area contributed by atoms with Gasteiger partial charge in [0.1, 0.15) is 17.5 Å². The summed E-state index contributed by atoms with van der Waals surface area (Å²) in [4.78, 5) is 0. The first-order valence-electron chi connectivity index (χ1n) is 11.3. The highest BCUT2D eigenvalue weighted by atomic mass is 28.4. The minimum atomic E-state index is -2.12. The standard InChI is InChI=1S/C27H42O5Si/c1-10-12-22(28)17-18-27(6,29)25(31-20-21-13-15-24(30-7)16-14-21)19-23(11-2)32-33(8,9)26(3,4)5/h2,10,13-18,22-23,25,28-29H,1,12,19-20H2,3-9H3/b18-17+/t22-,23+,25-,27-/m1/s1. The van der Waals surface area contributed by atoms with Crippen LogP contribution < -0.4 is 4.74 Å². The molecular weight excluding hydrogens is 432 g/mol. The zero-order chi connectivity index (χ0) is 25.3. The molecule has 0 saturated carbocycles. The predicted molar refractivity (Wildman–Crippen MR) is 138 cm³/mol. The van der Waals surface area contributed by atoms with Crippen molar-refractivity contribution in [1.82, 2.24) is 0 Å². The van der Waals surface area contributed by atoms with Gasteiger partial charge in [-0.25, -0.2) is 0 Å². The maximum atomic E-state index is 11.3. The molecule has 1 aromatic carbocycles. The van der Waals surface area contributed by atoms with Crippen LogP contribution in [0.4, 0.5) is 0 Å². The van der Waals surface area contributed by atoms with E-state index in [1.165, 1.54) is 0 Å². The molecule has 0 bridgehead atoms. The molecule has 0 fully saturated rings. The number of aliphatic hydroxyl groups is 2. The first-order valence-corrected chi connectivity index (χ1v) is 14.3. The van der Waals surface area contributed by atoms with E-state index >= 15 is 0 Å². The molecule has 0 spiro atoms. The second-order valence-corrected chi connectivity index (χ2v) is 14.8. The number of benzene rings is 1. The Morgan fingerprint density at radius 1 is 1.18 bits per heavy atom. The summed E-state index contributed by atoms with van der Waals surface area (Å²) in [6, 6.07) is 7.56. The zero-order valence-electron chi connectivity index (χ0n) is 21.3. The summed E-state index contributed by atoms with van der Waals surface area (Å²) in [6.45, 7) is 16.3. The van der Waals surface area contributed by atoms with Crippen molar-refractivity contribution in [2.45, 2.75) is 89.2 Å². The average molecular weight is 475 g/mol. The highest BCUT2D eigenvalue weighted by Crippen LogP contribution is 2.38. The van der Waals surface area contributed by atoms with Gasteiger partial charge in [-0.1, -0.05) is 57.1 Å². The van der Waals surface area contributed by atoms with E-state index < -0.39 is 32.2 Å². The van der Waals surface area contributed by atoms with Gasteiger partial charge in [0, 0.05) is 6.42 Å². The Morgan fingerprint density at radius 3 is 2.27 bits per heavy atom. The van der Waals surface area contributed by atoms with Crippen LogP contribution in [0.1, 0.15) is 46.1 Å². The fourth-order valence-electron chi connectivity index (χ4n) is 2.93. The maximum Gasteiger partial charge on any atom is 0.193 e. The van der Waals surface area contributed by atoms with Crippen molar-refractivity contribution in [2.24, 2.45) is 0 Å². The summed E-state index contributed by atoms with van der Waals surface area (Å²) in [7, 11) is -0.503. The second-order valence-electron chi connectivity index (χ2n) is 10.1. The fourth-order valence-corrected chi connectivity index (χ4v) is 4.16. The third kappa shape index (κ3) is 9.48. The van der Waals surface area contributed by atoms with E-state index in [4.69, 9.17) is 20.3 Å². The van der Waals surface area contributed by atoms with Crippen LogP contribution in [-0.4, -0.2) is 49.6 Å². The van der Waals surface area contributed by atoms with Crippen molar-refractivity contribution in [3.05, 3.63) is 54.6 Å². The Morgan fingerprint density at radius 2 is 1.79 bits per heavy atom. The van der Waals surface area contributed by atoms with E-state index in [1.54, 1.807) is 32.3 Å². The first-order chi connectivity index (χ1) is 15.3. The highest BCUT2D eigenvalue weighted by molar-refractivity contribution is 6.74. The van der Waals surface area contributed by atoms with E-state index in [9.17, 15) is 10.2 Å². The molecule has 1 aromatic rings. The molecule has 1 rings (SSSR count). The third-order valence-electron chi connectivity index (χ3n) is 6.18. The van der Waals surface area contributed by atoms with Gasteiger partial charge in [0.25, 0.3) is 0 Å². The normalized spacial score (nSPS) is 17.1. The van der Waals surface area contributed by atoms with E-state index in [2.05, 4.69) is 46.4 Å². The van der Waals surface area contributed by atoms with Gasteiger partial charge in [0.2, 0.25) is 0 Å². The van der Waals surface area contributed by atoms with Crippen molar-refractivity contribution in [3.8, 4) is 18.1 Å². The van der Waals surface area contributed by atoms with Crippen LogP contribution in [-0.2, 0) is 15.8 Å². The Hall–Kier alpha value is -1.88. The molecule has 0 unspecified atom stereocenters. The SMILES string of the molecule is C#C[C@@H](C[C@@H](OCc1ccc(OC)cc1)[C@](C)(O)/C=C/[C@H](O)CC=C)O[Si](C)(C)C(C)(C)C. The van der Waals surface area contributed by atoms with Crippen molar-refractivity contribution in [1.29, 1.82) is 0 Å². The lowest BCUT2D eigenvalue weighted by Crippen LogP contribution is -2.47. The Kier molecular flexibility index (Phi) is 11.1. The molecule has 0 radical (unpaired) electrons. The summed E-state index contributed by atoms with van der Waals surface area (Å²) in [6.07, 6.45) is 9.41. The van der Waals surface area contributed by atoms with E-state index in [0.717, 1.165) is 11.3 Å². The fraction of sp³-hybridized carbons (Fsp3) is 0.556. The van der Waals surface area contributed by atoms with Crippen molar-refractivity contribution in [3.63, 3.8) is 0 Å². The zero-order valence-corrected chi connectivity index (χ0v) is 22.3. The predicted octanol–water partition coefficient (Wildman–Crippen LogP) is 5.24. The first kappa shape index (κ1) is 29.1. The molecular formula is C27H42O5Si. The number of aliphatic hydroxyl groups excluding tert-OH is 1. The number of ether oxygens (including phenoxy) is 2. The van der Waals surface area contributed by atoms with Gasteiger partial charge in [-0.3, -0.25) is 0 Å². The Bertz CT molecular complexity index is 799. The molecule has 0 heterocycles. The number of rotatable bonds is 13. The molecule has 33 heavy (non-hydrogen) atoms. The summed E-state index contributed by atoms with van der Waals surface area (Å²) >= 11 is 0. The minimum absolute atomic E-state index is 0.00122. The Labute approximate surface area is 201 Å². The van der Waals surface area contributed by atoms with E-state index in [0.29, 0.717) is 12.8 Å². The van der Waals surface area contributed by atoms with Crippen molar-refractivity contribution >= 4 is 8.32 Å². The Balaban J connectivity index is 3.10. The number of hydrogen-bond acceptors (Lipinski definition) is 5. The molecule has 0 aliphatic heterocycles. The molecule has 0 aliphatic carbocycles. The minimum Gasteiger partial charge on any atom is -0.497 e. The van der Waals surface area contributed by atoms with Crippen LogP contribution in [0.5, 0.6) is 5.75 Å². The molecule has 0 saturated heterocycles. The van der Waals surface area contributed by atoms with Gasteiger partial charge in [0.15, 0.2) is 8.32 Å². The smallest absolute Gasteiger partial charge is 0.193 e. The largest absolute Gasteiger partial charge is 0.497 e. The van der Waals surface area contributed by atoms with Crippen molar-refractivity contribution in [2.75, 3.05) is 7.11 Å². The lowest BCUT2D eigenvalue weighted by molar-refractivity contribution is -0.0913. The molecule has 4 atom stereocenters. The molecule has 5 nitrogen and oxygen atoms in total. The maximum absolute atomic E-state index is 11.3. The van der Waals surface area contributed by atoms with Gasteiger partial charge in [0.05, 0.1) is 25.9 Å². The second kappa shape index (κ2) is 12.5. The van der Waals surface area contributed by atoms with Crippen LogP contribution in [0.25, 0.3) is 0 Å². The third-order valence-corrected chi connectivity index (χ3v) is 10.7. The summed E-state index contributed by atoms with van der Waals surface area (Å²) in [5.74, 6) is 3.51. The molecule has 184 valence electrons. The lowest BCUT2D eigenvalue weighted by Gasteiger charge is -2.40. The quantitative estimate of drug-likeness (QED) is 0.232. The number of hydrogen-bond donors (Lipinski definition) is 2. The van der Waals surface area contributed by atoms with Gasteiger partial charge in [-0.05, 0) is 49.2 Å². The summed E-state index contributed by atoms with van der Waals surface area (Å²) < 4.78 is 17.8.